The Morgan fingerprint density at radius 2 is 1.47 bits per heavy atom. The number of piperazine rings is 1. The molecule has 0 bridgehead atoms. The van der Waals surface area contributed by atoms with Crippen molar-refractivity contribution in [3.05, 3.63) is 58.7 Å². The van der Waals surface area contributed by atoms with Crippen LogP contribution < -0.4 is 4.90 Å². The third-order valence-corrected chi connectivity index (χ3v) is 8.52. The smallest absolute Gasteiger partial charge is 0.336 e. The SMILES string of the molecule is O=C(c1ccc(C(F)(F)F)cc1)N1CCN(S(=O)(=O)c2cc3c4c(c2)CCN4C(=O)CC3)CC1. The standard InChI is InChI=1S/C23H22F3N3O4S/c24-23(25,26)18-4-1-15(2-5-18)22(31)27-9-11-28(12-10-27)34(32,33)19-13-16-3-6-20(30)29-8-7-17(14-19)21(16)29/h1-2,4-5,13-14H,3,6-12H2. The number of hydrogen-bond acceptors (Lipinski definition) is 4. The summed E-state index contributed by atoms with van der Waals surface area (Å²) >= 11 is 0. The first-order valence-corrected chi connectivity index (χ1v) is 12.4. The van der Waals surface area contributed by atoms with Crippen LogP contribution in [0, 0.1) is 0 Å². The van der Waals surface area contributed by atoms with Crippen molar-refractivity contribution in [2.75, 3.05) is 37.6 Å². The molecule has 34 heavy (non-hydrogen) atoms. The van der Waals surface area contributed by atoms with E-state index in [1.165, 1.54) is 9.21 Å². The van der Waals surface area contributed by atoms with Gasteiger partial charge >= 0.3 is 6.18 Å². The number of carbonyl (C=O) groups excluding carboxylic acids is 2. The van der Waals surface area contributed by atoms with Crippen molar-refractivity contribution in [2.24, 2.45) is 0 Å². The summed E-state index contributed by atoms with van der Waals surface area (Å²) in [7, 11) is -3.79. The normalized spacial score (nSPS) is 18.9. The maximum absolute atomic E-state index is 13.3. The quantitative estimate of drug-likeness (QED) is 0.659. The number of rotatable bonds is 3. The lowest BCUT2D eigenvalue weighted by Crippen LogP contribution is -2.50. The average Bonchev–Trinajstić information content (AvgIpc) is 3.26. The number of hydrogen-bond donors (Lipinski definition) is 0. The molecular formula is C23H22F3N3O4S. The highest BCUT2D eigenvalue weighted by Gasteiger charge is 2.36. The van der Waals surface area contributed by atoms with Crippen LogP contribution in [0.5, 0.6) is 0 Å². The molecule has 0 spiro atoms. The first-order chi connectivity index (χ1) is 16.1. The van der Waals surface area contributed by atoms with Crippen LogP contribution in [0.25, 0.3) is 0 Å². The predicted octanol–water partition coefficient (Wildman–Crippen LogP) is 2.69. The molecule has 0 atom stereocenters. The van der Waals surface area contributed by atoms with Gasteiger partial charge in [0.1, 0.15) is 0 Å². The second kappa shape index (κ2) is 8.09. The lowest BCUT2D eigenvalue weighted by atomic mass is 10.00. The van der Waals surface area contributed by atoms with Gasteiger partial charge in [-0.1, -0.05) is 0 Å². The zero-order valence-electron chi connectivity index (χ0n) is 18.1. The molecule has 2 aromatic rings. The van der Waals surface area contributed by atoms with Gasteiger partial charge in [0.15, 0.2) is 0 Å². The lowest BCUT2D eigenvalue weighted by Gasteiger charge is -2.34. The fourth-order valence-corrected chi connectivity index (χ4v) is 6.36. The van der Waals surface area contributed by atoms with Gasteiger partial charge in [-0.05, 0) is 60.4 Å². The van der Waals surface area contributed by atoms with Crippen LogP contribution in [0.2, 0.25) is 0 Å². The second-order valence-electron chi connectivity index (χ2n) is 8.66. The molecule has 0 radical (unpaired) electrons. The van der Waals surface area contributed by atoms with Crippen LogP contribution >= 0.6 is 0 Å². The van der Waals surface area contributed by atoms with E-state index in [4.69, 9.17) is 0 Å². The van der Waals surface area contributed by atoms with Crippen molar-refractivity contribution in [3.63, 3.8) is 0 Å². The summed E-state index contributed by atoms with van der Waals surface area (Å²) in [6.07, 6.45) is -2.99. The van der Waals surface area contributed by atoms with E-state index in [2.05, 4.69) is 0 Å². The van der Waals surface area contributed by atoms with Gasteiger partial charge in [0.05, 0.1) is 16.1 Å². The molecule has 2 aromatic carbocycles. The topological polar surface area (TPSA) is 78.0 Å². The molecule has 3 aliphatic heterocycles. The maximum atomic E-state index is 13.3. The largest absolute Gasteiger partial charge is 0.416 e. The minimum Gasteiger partial charge on any atom is -0.336 e. The predicted molar refractivity (Wildman–Crippen MR) is 117 cm³/mol. The van der Waals surface area contributed by atoms with Crippen molar-refractivity contribution in [3.8, 4) is 0 Å². The summed E-state index contributed by atoms with van der Waals surface area (Å²) in [4.78, 5) is 28.2. The number of sulfonamides is 1. The Morgan fingerprint density at radius 3 is 2.09 bits per heavy atom. The summed E-state index contributed by atoms with van der Waals surface area (Å²) < 4.78 is 66.3. The first kappa shape index (κ1) is 22.9. The third-order valence-electron chi connectivity index (χ3n) is 6.65. The molecule has 0 saturated carbocycles. The molecule has 0 aliphatic carbocycles. The monoisotopic (exact) mass is 493 g/mol. The van der Waals surface area contributed by atoms with Crippen LogP contribution in [0.15, 0.2) is 41.3 Å². The van der Waals surface area contributed by atoms with E-state index in [1.807, 2.05) is 0 Å². The van der Waals surface area contributed by atoms with E-state index >= 15 is 0 Å². The molecule has 3 aliphatic rings. The van der Waals surface area contributed by atoms with Gasteiger partial charge in [0.2, 0.25) is 15.9 Å². The second-order valence-corrected chi connectivity index (χ2v) is 10.6. The van der Waals surface area contributed by atoms with Crippen LogP contribution in [0.4, 0.5) is 18.9 Å². The highest BCUT2D eigenvalue weighted by molar-refractivity contribution is 7.89. The average molecular weight is 494 g/mol. The van der Waals surface area contributed by atoms with E-state index in [9.17, 15) is 31.2 Å². The zero-order chi connectivity index (χ0) is 24.3. The minimum absolute atomic E-state index is 0.0655. The number of alkyl halides is 3. The van der Waals surface area contributed by atoms with Gasteiger partial charge in [-0.25, -0.2) is 8.42 Å². The van der Waals surface area contributed by atoms with Gasteiger partial charge < -0.3 is 9.80 Å². The summed E-state index contributed by atoms with van der Waals surface area (Å²) in [5, 5.41) is 0. The zero-order valence-corrected chi connectivity index (χ0v) is 19.0. The summed E-state index contributed by atoms with van der Waals surface area (Å²) in [5.74, 6) is -0.367. The molecule has 2 amide bonds. The lowest BCUT2D eigenvalue weighted by molar-refractivity contribution is -0.137. The Hall–Kier alpha value is -2.92. The molecule has 1 saturated heterocycles. The van der Waals surface area contributed by atoms with Crippen LogP contribution in [-0.4, -0.2) is 62.2 Å². The molecule has 5 rings (SSSR count). The van der Waals surface area contributed by atoms with Crippen molar-refractivity contribution >= 4 is 27.5 Å². The first-order valence-electron chi connectivity index (χ1n) is 11.0. The van der Waals surface area contributed by atoms with E-state index in [0.29, 0.717) is 25.8 Å². The molecule has 180 valence electrons. The highest BCUT2D eigenvalue weighted by Crippen LogP contribution is 2.39. The number of anilines is 1. The summed E-state index contributed by atoms with van der Waals surface area (Å²) in [6, 6.07) is 7.30. The van der Waals surface area contributed by atoms with Crippen LogP contribution in [0.1, 0.15) is 33.5 Å². The minimum atomic E-state index is -4.48. The number of aryl methyl sites for hydroxylation is 1. The number of benzene rings is 2. The molecule has 1 fully saturated rings. The maximum Gasteiger partial charge on any atom is 0.416 e. The number of carbonyl (C=O) groups is 2. The van der Waals surface area contributed by atoms with Gasteiger partial charge in [0.25, 0.3) is 5.91 Å². The molecule has 3 heterocycles. The van der Waals surface area contributed by atoms with Crippen molar-refractivity contribution in [2.45, 2.75) is 30.3 Å². The summed E-state index contributed by atoms with van der Waals surface area (Å²) in [6.45, 7) is 1.02. The van der Waals surface area contributed by atoms with Gasteiger partial charge in [0, 0.05) is 44.7 Å². The van der Waals surface area contributed by atoms with E-state index in [-0.39, 0.29) is 42.5 Å². The van der Waals surface area contributed by atoms with Crippen LogP contribution in [-0.2, 0) is 33.8 Å². The van der Waals surface area contributed by atoms with E-state index in [0.717, 1.165) is 41.1 Å². The third kappa shape index (κ3) is 3.86. The Kier molecular flexibility index (Phi) is 5.44. The van der Waals surface area contributed by atoms with Gasteiger partial charge in [-0.15, -0.1) is 0 Å². The molecule has 7 nitrogen and oxygen atoms in total. The number of amides is 2. The Morgan fingerprint density at radius 1 is 0.853 bits per heavy atom. The Balaban J connectivity index is 1.29. The Labute approximate surface area is 194 Å². The van der Waals surface area contributed by atoms with Crippen molar-refractivity contribution in [1.82, 2.24) is 9.21 Å². The van der Waals surface area contributed by atoms with Gasteiger partial charge in [-0.3, -0.25) is 9.59 Å². The van der Waals surface area contributed by atoms with Crippen molar-refractivity contribution < 1.29 is 31.2 Å². The molecule has 11 heteroatoms. The number of nitrogens with zero attached hydrogens (tertiary/aromatic N) is 3. The Bertz CT molecular complexity index is 1270. The molecule has 0 aromatic heterocycles. The van der Waals surface area contributed by atoms with E-state index in [1.54, 1.807) is 17.0 Å². The van der Waals surface area contributed by atoms with Gasteiger partial charge in [-0.2, -0.15) is 17.5 Å². The van der Waals surface area contributed by atoms with Crippen molar-refractivity contribution in [1.29, 1.82) is 0 Å². The fourth-order valence-electron chi connectivity index (χ4n) is 4.84. The molecule has 0 unspecified atom stereocenters. The van der Waals surface area contributed by atoms with Crippen LogP contribution in [0.3, 0.4) is 0 Å². The molecular weight excluding hydrogens is 471 g/mol. The van der Waals surface area contributed by atoms with E-state index < -0.39 is 27.7 Å². The molecule has 0 N–H and O–H groups in total. The highest BCUT2D eigenvalue weighted by atomic mass is 32.2. The summed E-state index contributed by atoms with van der Waals surface area (Å²) in [5.41, 5.74) is 1.87. The fraction of sp³-hybridized carbons (Fsp3) is 0.391. The number of halogens is 3.